The summed E-state index contributed by atoms with van der Waals surface area (Å²) in [6.45, 7) is 0. The van der Waals surface area contributed by atoms with Gasteiger partial charge in [-0.2, -0.15) is 0 Å². The fraction of sp³-hybridized carbons (Fsp3) is 0.143. The molecule has 2 heterocycles. The number of hydrogen-bond donors (Lipinski definition) is 2. The van der Waals surface area contributed by atoms with Gasteiger partial charge in [0.25, 0.3) is 0 Å². The van der Waals surface area contributed by atoms with Gasteiger partial charge in [-0.15, -0.1) is 0 Å². The first kappa shape index (κ1) is 16.9. The highest BCUT2D eigenvalue weighted by Crippen LogP contribution is 2.29. The van der Waals surface area contributed by atoms with Gasteiger partial charge in [-0.25, -0.2) is 9.59 Å². The Kier molecular flexibility index (Phi) is 4.16. The zero-order valence-electron chi connectivity index (χ0n) is 14.3. The first-order valence-electron chi connectivity index (χ1n) is 8.53. The summed E-state index contributed by atoms with van der Waals surface area (Å²) in [5, 5.41) is 21.7. The molecule has 0 aliphatic heterocycles. The average molecular weight is 364 g/mol. The summed E-state index contributed by atoms with van der Waals surface area (Å²) in [7, 11) is 0. The first-order chi connectivity index (χ1) is 13.1. The number of benzene rings is 2. The van der Waals surface area contributed by atoms with Crippen molar-refractivity contribution < 1.29 is 19.0 Å². The third-order valence-corrected chi connectivity index (χ3v) is 4.61. The van der Waals surface area contributed by atoms with Crippen molar-refractivity contribution in [2.24, 2.45) is 0 Å². The molecule has 0 saturated heterocycles. The van der Waals surface area contributed by atoms with E-state index >= 15 is 0 Å². The Labute approximate surface area is 152 Å². The summed E-state index contributed by atoms with van der Waals surface area (Å²) < 4.78 is 10.5. The van der Waals surface area contributed by atoms with Crippen LogP contribution in [0.1, 0.15) is 17.5 Å². The standard InChI is InChI=1S/C21H16O6/c22-18-12-6-1-3-10-16(12)26-20(24)14(18)8-5-9-15-19(23)13-7-2-4-11-17(13)27-21(15)25/h1-4,6-7,10-11,22-23H,5,8-9H2. The van der Waals surface area contributed by atoms with Gasteiger partial charge < -0.3 is 19.0 Å². The van der Waals surface area contributed by atoms with Gasteiger partial charge >= 0.3 is 11.3 Å². The Bertz CT molecular complexity index is 1170. The highest BCUT2D eigenvalue weighted by molar-refractivity contribution is 5.84. The van der Waals surface area contributed by atoms with E-state index in [1.165, 1.54) is 0 Å². The third-order valence-electron chi connectivity index (χ3n) is 4.61. The van der Waals surface area contributed by atoms with Gasteiger partial charge in [0.15, 0.2) is 0 Å². The zero-order valence-corrected chi connectivity index (χ0v) is 14.3. The normalized spacial score (nSPS) is 11.3. The lowest BCUT2D eigenvalue weighted by Gasteiger charge is -2.08. The average Bonchev–Trinajstić information content (AvgIpc) is 2.66. The second kappa shape index (κ2) is 6.64. The van der Waals surface area contributed by atoms with Gasteiger partial charge in [0.1, 0.15) is 22.7 Å². The lowest BCUT2D eigenvalue weighted by molar-refractivity contribution is 0.449. The van der Waals surface area contributed by atoms with Crippen molar-refractivity contribution in [3.05, 3.63) is 80.5 Å². The fourth-order valence-corrected chi connectivity index (χ4v) is 3.23. The predicted octanol–water partition coefficient (Wildman–Crippen LogP) is 3.49. The van der Waals surface area contributed by atoms with Gasteiger partial charge in [0.05, 0.1) is 21.9 Å². The Morgan fingerprint density at radius 2 is 1.07 bits per heavy atom. The van der Waals surface area contributed by atoms with E-state index in [4.69, 9.17) is 8.83 Å². The summed E-state index contributed by atoms with van der Waals surface area (Å²) in [5.74, 6) is -0.228. The summed E-state index contributed by atoms with van der Waals surface area (Å²) in [6.07, 6.45) is 0.753. The number of fused-ring (bicyclic) bond motifs is 2. The quantitative estimate of drug-likeness (QED) is 0.538. The minimum Gasteiger partial charge on any atom is -0.507 e. The van der Waals surface area contributed by atoms with Gasteiger partial charge in [-0.1, -0.05) is 24.3 Å². The van der Waals surface area contributed by atoms with E-state index in [2.05, 4.69) is 0 Å². The molecule has 27 heavy (non-hydrogen) atoms. The largest absolute Gasteiger partial charge is 0.507 e. The second-order valence-electron chi connectivity index (χ2n) is 6.28. The molecule has 136 valence electrons. The van der Waals surface area contributed by atoms with Gasteiger partial charge in [0, 0.05) is 0 Å². The summed E-state index contributed by atoms with van der Waals surface area (Å²) >= 11 is 0. The molecule has 2 N–H and O–H groups in total. The molecule has 0 radical (unpaired) electrons. The predicted molar refractivity (Wildman–Crippen MR) is 100 cm³/mol. The molecule has 4 rings (SSSR count). The van der Waals surface area contributed by atoms with E-state index in [-0.39, 0.29) is 35.5 Å². The van der Waals surface area contributed by atoms with Crippen LogP contribution in [0.3, 0.4) is 0 Å². The van der Waals surface area contributed by atoms with Gasteiger partial charge in [0.2, 0.25) is 0 Å². The number of aromatic hydroxyl groups is 2. The molecule has 2 aromatic carbocycles. The maximum atomic E-state index is 12.1. The molecule has 0 spiro atoms. The molecule has 0 atom stereocenters. The Morgan fingerprint density at radius 1 is 0.667 bits per heavy atom. The molecule has 6 nitrogen and oxygen atoms in total. The Balaban J connectivity index is 1.63. The monoisotopic (exact) mass is 364 g/mol. The van der Waals surface area contributed by atoms with E-state index < -0.39 is 11.3 Å². The van der Waals surface area contributed by atoms with Crippen LogP contribution < -0.4 is 11.3 Å². The van der Waals surface area contributed by atoms with Crippen LogP contribution in [0.5, 0.6) is 11.5 Å². The van der Waals surface area contributed by atoms with Crippen molar-refractivity contribution in [3.63, 3.8) is 0 Å². The first-order valence-corrected chi connectivity index (χ1v) is 8.53. The molecule has 0 aliphatic carbocycles. The van der Waals surface area contributed by atoms with E-state index in [0.717, 1.165) is 0 Å². The van der Waals surface area contributed by atoms with Crippen LogP contribution in [-0.4, -0.2) is 10.2 Å². The molecular formula is C21H16O6. The molecule has 0 saturated carbocycles. The van der Waals surface area contributed by atoms with Crippen LogP contribution in [0, 0.1) is 0 Å². The number of rotatable bonds is 4. The van der Waals surface area contributed by atoms with E-state index in [1.807, 2.05) is 0 Å². The number of para-hydroxylation sites is 2. The molecule has 0 bridgehead atoms. The van der Waals surface area contributed by atoms with Crippen LogP contribution >= 0.6 is 0 Å². The molecular weight excluding hydrogens is 348 g/mol. The van der Waals surface area contributed by atoms with Crippen molar-refractivity contribution in [2.45, 2.75) is 19.3 Å². The molecule has 2 aromatic heterocycles. The van der Waals surface area contributed by atoms with Crippen molar-refractivity contribution in [3.8, 4) is 11.5 Å². The van der Waals surface area contributed by atoms with Gasteiger partial charge in [-0.3, -0.25) is 0 Å². The topological polar surface area (TPSA) is 101 Å². The molecule has 4 aromatic rings. The third kappa shape index (κ3) is 2.95. The Hall–Kier alpha value is -3.54. The van der Waals surface area contributed by atoms with Gasteiger partial charge in [-0.05, 0) is 43.5 Å². The highest BCUT2D eigenvalue weighted by Gasteiger charge is 2.16. The minimum atomic E-state index is -0.610. The van der Waals surface area contributed by atoms with E-state index in [9.17, 15) is 19.8 Å². The van der Waals surface area contributed by atoms with Crippen molar-refractivity contribution in [1.29, 1.82) is 0 Å². The molecule has 6 heteroatoms. The van der Waals surface area contributed by atoms with Crippen molar-refractivity contribution in [1.82, 2.24) is 0 Å². The second-order valence-corrected chi connectivity index (χ2v) is 6.28. The highest BCUT2D eigenvalue weighted by atomic mass is 16.4. The van der Waals surface area contributed by atoms with E-state index in [1.54, 1.807) is 48.5 Å². The van der Waals surface area contributed by atoms with Crippen LogP contribution in [0.4, 0.5) is 0 Å². The van der Waals surface area contributed by atoms with Crippen LogP contribution in [0.15, 0.2) is 67.0 Å². The summed E-state index contributed by atoms with van der Waals surface area (Å²) in [6, 6.07) is 13.5. The Morgan fingerprint density at radius 3 is 1.52 bits per heavy atom. The summed E-state index contributed by atoms with van der Waals surface area (Å²) in [4.78, 5) is 24.3. The fourth-order valence-electron chi connectivity index (χ4n) is 3.23. The van der Waals surface area contributed by atoms with E-state index in [0.29, 0.717) is 28.4 Å². The summed E-state index contributed by atoms with van der Waals surface area (Å²) in [5.41, 5.74) is -0.285. The minimum absolute atomic E-state index is 0.114. The van der Waals surface area contributed by atoms with Crippen molar-refractivity contribution in [2.75, 3.05) is 0 Å². The maximum Gasteiger partial charge on any atom is 0.343 e. The van der Waals surface area contributed by atoms with Crippen LogP contribution in [0.25, 0.3) is 21.9 Å². The maximum absolute atomic E-state index is 12.1. The smallest absolute Gasteiger partial charge is 0.343 e. The molecule has 0 aliphatic rings. The van der Waals surface area contributed by atoms with Crippen LogP contribution in [0.2, 0.25) is 0 Å². The molecule has 0 amide bonds. The molecule has 0 unspecified atom stereocenters. The SMILES string of the molecule is O=c1oc2ccccc2c(O)c1CCCc1c(O)c2ccccc2oc1=O. The number of hydrogen-bond acceptors (Lipinski definition) is 6. The van der Waals surface area contributed by atoms with Crippen LogP contribution in [-0.2, 0) is 12.8 Å². The lowest BCUT2D eigenvalue weighted by atomic mass is 10.0. The lowest BCUT2D eigenvalue weighted by Crippen LogP contribution is -2.11. The van der Waals surface area contributed by atoms with Crippen molar-refractivity contribution >= 4 is 21.9 Å². The zero-order chi connectivity index (χ0) is 19.0. The molecule has 0 fully saturated rings.